The lowest BCUT2D eigenvalue weighted by atomic mass is 10.2. The van der Waals surface area contributed by atoms with E-state index in [4.69, 9.17) is 0 Å². The molecule has 0 saturated carbocycles. The van der Waals surface area contributed by atoms with Gasteiger partial charge in [0.15, 0.2) is 0 Å². The summed E-state index contributed by atoms with van der Waals surface area (Å²) in [5.41, 5.74) is 3.33. The van der Waals surface area contributed by atoms with Crippen molar-refractivity contribution in [2.75, 3.05) is 0 Å². The number of nitro groups is 1. The van der Waals surface area contributed by atoms with Gasteiger partial charge in [-0.3, -0.25) is 19.7 Å². The van der Waals surface area contributed by atoms with Crippen LogP contribution in [0.5, 0.6) is 0 Å². The first-order valence-corrected chi connectivity index (χ1v) is 9.12. The molecule has 2 aromatic carbocycles. The number of aromatic nitrogens is 1. The molecule has 1 heterocycles. The Morgan fingerprint density at radius 2 is 1.96 bits per heavy atom. The monoisotopic (exact) mass is 399 g/mol. The van der Waals surface area contributed by atoms with Crippen LogP contribution in [0.25, 0.3) is 10.2 Å². The minimum atomic E-state index is -0.879. The normalized spacial score (nSPS) is 12.6. The zero-order chi connectivity index (χ0) is 20.3. The highest BCUT2D eigenvalue weighted by atomic mass is 32.1. The molecule has 0 aliphatic heterocycles. The number of hydrogen-bond donors (Lipinski definition) is 2. The predicted octanol–water partition coefficient (Wildman–Crippen LogP) is 1.90. The summed E-state index contributed by atoms with van der Waals surface area (Å²) in [5.74, 6) is -1.09. The second kappa shape index (κ2) is 8.01. The van der Waals surface area contributed by atoms with Crippen molar-refractivity contribution in [2.24, 2.45) is 12.1 Å². The first-order valence-electron chi connectivity index (χ1n) is 8.30. The fraction of sp³-hybridized carbons (Fsp3) is 0.167. The number of non-ortho nitro benzene ring substituents is 1. The van der Waals surface area contributed by atoms with Crippen LogP contribution in [0.3, 0.4) is 0 Å². The molecule has 28 heavy (non-hydrogen) atoms. The van der Waals surface area contributed by atoms with Crippen LogP contribution in [0.2, 0.25) is 0 Å². The van der Waals surface area contributed by atoms with Gasteiger partial charge in [-0.2, -0.15) is 0 Å². The number of amides is 2. The Morgan fingerprint density at radius 1 is 1.21 bits per heavy atom. The minimum Gasteiger partial charge on any atom is -0.340 e. The van der Waals surface area contributed by atoms with Crippen molar-refractivity contribution in [3.8, 4) is 0 Å². The molecule has 0 fully saturated rings. The summed E-state index contributed by atoms with van der Waals surface area (Å²) in [4.78, 5) is 35.3. The number of rotatable bonds is 5. The quantitative estimate of drug-likeness (QED) is 0.503. The number of thiazole rings is 1. The lowest BCUT2D eigenvalue weighted by molar-refractivity contribution is -0.384. The largest absolute Gasteiger partial charge is 0.340 e. The number of carbonyl (C=O) groups excluding carboxylic acids is 2. The van der Waals surface area contributed by atoms with Gasteiger partial charge in [-0.25, -0.2) is 5.43 Å². The van der Waals surface area contributed by atoms with Crippen LogP contribution in [0.1, 0.15) is 17.3 Å². The van der Waals surface area contributed by atoms with E-state index in [1.165, 1.54) is 36.5 Å². The first kappa shape index (κ1) is 19.2. The molecular weight excluding hydrogens is 382 g/mol. The summed E-state index contributed by atoms with van der Waals surface area (Å²) >= 11 is 1.42. The number of nitro benzene ring substituents is 1. The molecule has 1 atom stereocenters. The van der Waals surface area contributed by atoms with Crippen LogP contribution in [0.4, 0.5) is 5.69 Å². The lowest BCUT2D eigenvalue weighted by Crippen LogP contribution is -2.43. The summed E-state index contributed by atoms with van der Waals surface area (Å²) in [6, 6.07) is 12.2. The zero-order valence-corrected chi connectivity index (χ0v) is 15.9. The van der Waals surface area contributed by atoms with Crippen molar-refractivity contribution < 1.29 is 14.5 Å². The molecule has 1 unspecified atom stereocenters. The van der Waals surface area contributed by atoms with Crippen molar-refractivity contribution in [3.05, 3.63) is 69.0 Å². The van der Waals surface area contributed by atoms with E-state index in [0.29, 0.717) is 4.80 Å². The fourth-order valence-corrected chi connectivity index (χ4v) is 3.47. The van der Waals surface area contributed by atoms with Crippen molar-refractivity contribution in [1.29, 1.82) is 0 Å². The second-order valence-corrected chi connectivity index (χ2v) is 7.01. The van der Waals surface area contributed by atoms with E-state index in [0.717, 1.165) is 16.3 Å². The van der Waals surface area contributed by atoms with Crippen molar-refractivity contribution >= 4 is 39.1 Å². The summed E-state index contributed by atoms with van der Waals surface area (Å²) in [7, 11) is 1.84. The molecule has 1 aromatic heterocycles. The number of hydrogen-bond acceptors (Lipinski definition) is 6. The van der Waals surface area contributed by atoms with Crippen molar-refractivity contribution in [2.45, 2.75) is 13.0 Å². The topological polar surface area (TPSA) is 119 Å². The molecule has 3 rings (SSSR count). The molecular formula is C18H17N5O4S. The van der Waals surface area contributed by atoms with Gasteiger partial charge in [0.25, 0.3) is 17.5 Å². The van der Waals surface area contributed by atoms with E-state index in [2.05, 4.69) is 15.8 Å². The molecule has 0 spiro atoms. The molecule has 0 saturated heterocycles. The van der Waals surface area contributed by atoms with E-state index in [1.54, 1.807) is 0 Å². The molecule has 10 heteroatoms. The maximum atomic E-state index is 12.3. The van der Waals surface area contributed by atoms with Gasteiger partial charge >= 0.3 is 0 Å². The van der Waals surface area contributed by atoms with Crippen molar-refractivity contribution in [1.82, 2.24) is 15.3 Å². The Hall–Kier alpha value is -3.53. The van der Waals surface area contributed by atoms with Gasteiger partial charge in [-0.15, -0.1) is 5.10 Å². The average molecular weight is 399 g/mol. The average Bonchev–Trinajstić information content (AvgIpc) is 3.02. The fourth-order valence-electron chi connectivity index (χ4n) is 2.49. The maximum absolute atomic E-state index is 12.3. The van der Waals surface area contributed by atoms with Gasteiger partial charge in [-0.1, -0.05) is 29.5 Å². The minimum absolute atomic E-state index is 0.0988. The van der Waals surface area contributed by atoms with Crippen LogP contribution in [0.15, 0.2) is 53.6 Å². The molecule has 2 amide bonds. The van der Waals surface area contributed by atoms with Crippen LogP contribution in [-0.4, -0.2) is 27.3 Å². The number of benzene rings is 2. The molecule has 3 aromatic rings. The van der Waals surface area contributed by atoms with Gasteiger partial charge in [0.05, 0.1) is 15.1 Å². The summed E-state index contributed by atoms with van der Waals surface area (Å²) in [6.07, 6.45) is 0. The number of fused-ring (bicyclic) bond motifs is 1. The third-order valence-electron chi connectivity index (χ3n) is 4.04. The van der Waals surface area contributed by atoms with E-state index >= 15 is 0 Å². The van der Waals surface area contributed by atoms with Gasteiger partial charge in [-0.05, 0) is 25.1 Å². The molecule has 0 bridgehead atoms. The van der Waals surface area contributed by atoms with Gasteiger partial charge < -0.3 is 9.88 Å². The number of nitrogens with one attached hydrogen (secondary N) is 2. The van der Waals surface area contributed by atoms with E-state index in [9.17, 15) is 19.7 Å². The second-order valence-electron chi connectivity index (χ2n) is 6.00. The Balaban J connectivity index is 1.69. The lowest BCUT2D eigenvalue weighted by Gasteiger charge is -2.12. The summed E-state index contributed by atoms with van der Waals surface area (Å²) in [5, 5.41) is 17.4. The van der Waals surface area contributed by atoms with Crippen LogP contribution in [0, 0.1) is 10.1 Å². The van der Waals surface area contributed by atoms with Gasteiger partial charge in [0, 0.05) is 24.7 Å². The van der Waals surface area contributed by atoms with E-state index in [-0.39, 0.29) is 11.3 Å². The van der Waals surface area contributed by atoms with Crippen LogP contribution >= 0.6 is 11.3 Å². The predicted molar refractivity (Wildman–Crippen MR) is 105 cm³/mol. The Bertz CT molecular complexity index is 1130. The van der Waals surface area contributed by atoms with E-state index < -0.39 is 22.8 Å². The van der Waals surface area contributed by atoms with Crippen LogP contribution in [-0.2, 0) is 11.8 Å². The highest BCUT2D eigenvalue weighted by molar-refractivity contribution is 7.16. The SMILES string of the molecule is CC(NC(=O)c1cccc([N+](=O)[O-])c1)C(=O)N/N=c1\sc2ccccc2n1C. The number of para-hydroxylation sites is 1. The zero-order valence-electron chi connectivity index (χ0n) is 15.1. The molecule has 2 N–H and O–H groups in total. The first-order chi connectivity index (χ1) is 13.4. The standard InChI is InChI=1S/C18H17N5O4S/c1-11(19-17(25)12-6-5-7-13(10-12)23(26)27)16(24)20-21-18-22(2)14-8-3-4-9-15(14)28-18/h3-11H,1-2H3,(H,19,25)(H,20,24)/b21-18-. The Morgan fingerprint density at radius 3 is 2.68 bits per heavy atom. The molecule has 0 aliphatic rings. The molecule has 9 nitrogen and oxygen atoms in total. The van der Waals surface area contributed by atoms with E-state index in [1.807, 2.05) is 35.9 Å². The highest BCUT2D eigenvalue weighted by Crippen LogP contribution is 2.15. The summed E-state index contributed by atoms with van der Waals surface area (Å²) < 4.78 is 2.89. The summed E-state index contributed by atoms with van der Waals surface area (Å²) in [6.45, 7) is 1.50. The molecule has 0 aliphatic carbocycles. The molecule has 144 valence electrons. The van der Waals surface area contributed by atoms with Crippen molar-refractivity contribution in [3.63, 3.8) is 0 Å². The Labute approximate surface area is 163 Å². The van der Waals surface area contributed by atoms with Gasteiger partial charge in [0.2, 0.25) is 4.80 Å². The highest BCUT2D eigenvalue weighted by Gasteiger charge is 2.18. The number of carbonyl (C=O) groups is 2. The third-order valence-corrected chi connectivity index (χ3v) is 5.15. The number of aryl methyl sites for hydroxylation is 1. The smallest absolute Gasteiger partial charge is 0.270 e. The maximum Gasteiger partial charge on any atom is 0.270 e. The number of nitrogens with zero attached hydrogens (tertiary/aromatic N) is 3. The third kappa shape index (κ3) is 4.07. The van der Waals surface area contributed by atoms with Gasteiger partial charge in [0.1, 0.15) is 6.04 Å². The Kier molecular flexibility index (Phi) is 5.50. The van der Waals surface area contributed by atoms with Crippen LogP contribution < -0.4 is 15.5 Å². The molecule has 0 radical (unpaired) electrons.